The second kappa shape index (κ2) is 17.3. The lowest BCUT2D eigenvalue weighted by Crippen LogP contribution is -2.29. The Morgan fingerprint density at radius 3 is 1.85 bits per heavy atom. The average molecular weight is 825 g/mol. The molecular formula is C34H26F5N4O9PS2. The van der Waals surface area contributed by atoms with Gasteiger partial charge in [0.25, 0.3) is 21.8 Å². The van der Waals surface area contributed by atoms with Crippen LogP contribution in [0.3, 0.4) is 0 Å². The molecule has 21 heteroatoms. The first-order chi connectivity index (χ1) is 26.0. The van der Waals surface area contributed by atoms with Crippen molar-refractivity contribution in [2.24, 2.45) is 0 Å². The van der Waals surface area contributed by atoms with Gasteiger partial charge in [-0.1, -0.05) is 0 Å². The predicted octanol–water partition coefficient (Wildman–Crippen LogP) is 5.59. The highest BCUT2D eigenvalue weighted by molar-refractivity contribution is 7.92. The van der Waals surface area contributed by atoms with Gasteiger partial charge in [0.2, 0.25) is 0 Å². The summed E-state index contributed by atoms with van der Waals surface area (Å²) in [5.41, 5.74) is -0.642. The first-order valence-electron chi connectivity index (χ1n) is 15.6. The number of nitrogens with zero attached hydrogens (tertiary/aromatic N) is 1. The second-order valence-corrected chi connectivity index (χ2v) is 16.0. The zero-order valence-electron chi connectivity index (χ0n) is 27.8. The lowest BCUT2D eigenvalue weighted by atomic mass is 10.2. The van der Waals surface area contributed by atoms with Crippen molar-refractivity contribution in [3.8, 4) is 23.3 Å². The number of rotatable bonds is 16. The number of hydrogen-bond acceptors (Lipinski definition) is 10. The summed E-state index contributed by atoms with van der Waals surface area (Å²) in [5.74, 6) is -7.51. The molecule has 1 aromatic heterocycles. The van der Waals surface area contributed by atoms with Crippen molar-refractivity contribution in [3.63, 3.8) is 0 Å². The number of ether oxygens (including phenoxy) is 2. The Labute approximate surface area is 312 Å². The summed E-state index contributed by atoms with van der Waals surface area (Å²) in [6.07, 6.45) is -1.11. The van der Waals surface area contributed by atoms with Gasteiger partial charge < -0.3 is 29.5 Å². The summed E-state index contributed by atoms with van der Waals surface area (Å²) in [4.78, 5) is 35.0. The highest BCUT2D eigenvalue weighted by Crippen LogP contribution is 2.43. The molecule has 1 unspecified atom stereocenters. The second-order valence-electron chi connectivity index (χ2n) is 11.2. The van der Waals surface area contributed by atoms with E-state index in [9.17, 15) is 49.4 Å². The molecule has 1 atom stereocenters. The molecule has 2 amide bonds. The van der Waals surface area contributed by atoms with E-state index in [2.05, 4.69) is 10.6 Å². The summed E-state index contributed by atoms with van der Waals surface area (Å²) in [7, 11) is -9.18. The van der Waals surface area contributed by atoms with Crippen molar-refractivity contribution < 1.29 is 63.4 Å². The summed E-state index contributed by atoms with van der Waals surface area (Å²) in [5, 5.41) is 14.1. The molecule has 0 aliphatic rings. The number of sulfonamides is 1. The minimum Gasteiger partial charge on any atom is -0.488 e. The molecule has 13 nitrogen and oxygen atoms in total. The number of halogens is 5. The van der Waals surface area contributed by atoms with Crippen LogP contribution in [0.5, 0.6) is 17.2 Å². The van der Waals surface area contributed by atoms with Crippen molar-refractivity contribution in [2.45, 2.75) is 4.21 Å². The van der Waals surface area contributed by atoms with Crippen LogP contribution in [0, 0.1) is 40.4 Å². The maximum atomic E-state index is 13.9. The van der Waals surface area contributed by atoms with E-state index in [-0.39, 0.29) is 58.7 Å². The van der Waals surface area contributed by atoms with Crippen molar-refractivity contribution in [3.05, 3.63) is 119 Å². The third-order valence-corrected chi connectivity index (χ3v) is 11.5. The first kappa shape index (κ1) is 40.6. The number of carbonyl (C=O) groups excluding carboxylic acids is 2. The van der Waals surface area contributed by atoms with Crippen LogP contribution in [0.25, 0.3) is 10.1 Å². The van der Waals surface area contributed by atoms with Crippen LogP contribution in [-0.2, 0) is 14.6 Å². The van der Waals surface area contributed by atoms with Crippen LogP contribution in [0.1, 0.15) is 26.3 Å². The zero-order valence-corrected chi connectivity index (χ0v) is 30.3. The lowest BCUT2D eigenvalue weighted by molar-refractivity contribution is 0.0936. The van der Waals surface area contributed by atoms with Crippen LogP contribution >= 0.6 is 18.9 Å². The Kier molecular flexibility index (Phi) is 12.7. The third kappa shape index (κ3) is 10.6. The van der Waals surface area contributed by atoms with Gasteiger partial charge in [-0.2, -0.15) is 9.98 Å². The molecule has 0 spiro atoms. The molecule has 0 radical (unpaired) electrons. The van der Waals surface area contributed by atoms with Gasteiger partial charge in [0.15, 0.2) is 34.8 Å². The maximum Gasteiger partial charge on any atom is 0.391 e. The molecular weight excluding hydrogens is 798 g/mol. The Balaban J connectivity index is 1.28. The Morgan fingerprint density at radius 1 is 0.764 bits per heavy atom. The summed E-state index contributed by atoms with van der Waals surface area (Å²) < 4.78 is 125. The lowest BCUT2D eigenvalue weighted by Gasteiger charge is -2.14. The third-order valence-electron chi connectivity index (χ3n) is 7.24. The van der Waals surface area contributed by atoms with Crippen LogP contribution < -0.4 is 29.4 Å². The zero-order chi connectivity index (χ0) is 39.9. The molecule has 288 valence electrons. The highest BCUT2D eigenvalue weighted by Gasteiger charge is 2.27. The predicted molar refractivity (Wildman–Crippen MR) is 187 cm³/mol. The number of nitrogens with one attached hydrogen (secondary N) is 3. The van der Waals surface area contributed by atoms with Gasteiger partial charge in [0.05, 0.1) is 18.7 Å². The molecule has 0 aliphatic carbocycles. The van der Waals surface area contributed by atoms with Gasteiger partial charge in [-0.05, 0) is 66.0 Å². The van der Waals surface area contributed by atoms with E-state index in [1.54, 1.807) is 6.07 Å². The number of hydrogen-bond donors (Lipinski definition) is 4. The standard InChI is InChI=1S/C34H26F5N4O9PS2/c35-24-5-2-19(11-27(24)38)33(44)41-7-9-50-29-13-22-14-32(55(48,49)43-18-53(46,47)52-23-4-1-21(17-40)26(37)15-23)54-31(22)16-30(29)51-10-8-42-34(45)20-3-6-25(36)28(39)12-20/h1-6,11-16,43H,7-10,18H2,(H,41,44)(H,42,45)(H,46,47). The molecule has 5 rings (SSSR count). The first-order valence-corrected chi connectivity index (χ1v) is 19.6. The highest BCUT2D eigenvalue weighted by atomic mass is 32.2. The molecule has 0 fully saturated rings. The number of amides is 2. The molecule has 4 N–H and O–H groups in total. The van der Waals surface area contributed by atoms with Gasteiger partial charge in [0, 0.05) is 28.0 Å². The number of nitriles is 1. The molecule has 0 saturated carbocycles. The molecule has 1 heterocycles. The number of carbonyl (C=O) groups is 2. The fourth-order valence-electron chi connectivity index (χ4n) is 4.59. The van der Waals surface area contributed by atoms with E-state index in [0.29, 0.717) is 16.2 Å². The van der Waals surface area contributed by atoms with Crippen LogP contribution in [0.15, 0.2) is 77.0 Å². The summed E-state index contributed by atoms with van der Waals surface area (Å²) in [6.45, 7) is -0.662. The smallest absolute Gasteiger partial charge is 0.391 e. The quantitative estimate of drug-likeness (QED) is 0.0554. The SMILES string of the molecule is N#Cc1ccc(OP(=O)(O)CNS(=O)(=O)c2cc3cc(OCCNC(=O)c4ccc(F)c(F)c4)c(OCCNC(=O)c4ccc(F)c(F)c4)cc3s2)cc1F. The Bertz CT molecular complexity index is 2370. The van der Waals surface area contributed by atoms with E-state index < -0.39 is 70.6 Å². The molecule has 5 aromatic rings. The van der Waals surface area contributed by atoms with Crippen LogP contribution in [0.2, 0.25) is 0 Å². The van der Waals surface area contributed by atoms with Crippen LogP contribution in [0.4, 0.5) is 22.0 Å². The van der Waals surface area contributed by atoms with Crippen molar-refractivity contribution in [1.29, 1.82) is 5.26 Å². The average Bonchev–Trinajstić information content (AvgIpc) is 3.57. The molecule has 55 heavy (non-hydrogen) atoms. The largest absolute Gasteiger partial charge is 0.488 e. The monoisotopic (exact) mass is 824 g/mol. The van der Waals surface area contributed by atoms with Gasteiger partial charge in [0.1, 0.15) is 41.3 Å². The van der Waals surface area contributed by atoms with Crippen LogP contribution in [-0.4, -0.2) is 57.7 Å². The van der Waals surface area contributed by atoms with E-state index in [4.69, 9.17) is 19.3 Å². The number of fused-ring (bicyclic) bond motifs is 1. The maximum absolute atomic E-state index is 13.9. The van der Waals surface area contributed by atoms with Crippen molar-refractivity contribution in [1.82, 2.24) is 15.4 Å². The van der Waals surface area contributed by atoms with Gasteiger partial charge in [-0.3, -0.25) is 9.59 Å². The molecule has 0 saturated heterocycles. The van der Waals surface area contributed by atoms with E-state index in [1.807, 2.05) is 4.72 Å². The van der Waals surface area contributed by atoms with Crippen molar-refractivity contribution >= 4 is 50.9 Å². The Hall–Kier alpha value is -5.58. The minimum atomic E-state index is -4.73. The topological polar surface area (TPSA) is 193 Å². The molecule has 0 aliphatic heterocycles. The summed E-state index contributed by atoms with van der Waals surface area (Å²) >= 11 is 0.735. The molecule has 4 aromatic carbocycles. The van der Waals surface area contributed by atoms with Gasteiger partial charge >= 0.3 is 7.60 Å². The van der Waals surface area contributed by atoms with Crippen molar-refractivity contribution in [2.75, 3.05) is 32.6 Å². The van der Waals surface area contributed by atoms with E-state index in [1.165, 1.54) is 18.2 Å². The van der Waals surface area contributed by atoms with E-state index in [0.717, 1.165) is 59.9 Å². The Morgan fingerprint density at radius 2 is 1.33 bits per heavy atom. The van der Waals surface area contributed by atoms with Gasteiger partial charge in [-0.15, -0.1) is 11.3 Å². The number of benzene rings is 4. The normalized spacial score (nSPS) is 12.4. The molecule has 0 bridgehead atoms. The number of thiophene rings is 1. The fourth-order valence-corrected chi connectivity index (χ4v) is 8.54. The minimum absolute atomic E-state index is 0.0409. The van der Waals surface area contributed by atoms with Gasteiger partial charge in [-0.25, -0.2) is 34.9 Å². The van der Waals surface area contributed by atoms with E-state index >= 15 is 0 Å². The summed E-state index contributed by atoms with van der Waals surface area (Å²) in [6, 6.07) is 13.6. The fraction of sp³-hybridized carbons (Fsp3) is 0.147.